The van der Waals surface area contributed by atoms with Crippen LogP contribution in [-0.4, -0.2) is 38.3 Å². The number of anilines is 1. The summed E-state index contributed by atoms with van der Waals surface area (Å²) in [6.45, 7) is 1.14. The van der Waals surface area contributed by atoms with E-state index < -0.39 is 11.6 Å². The molecule has 1 saturated carbocycles. The van der Waals surface area contributed by atoms with E-state index in [0.717, 1.165) is 40.0 Å². The predicted molar refractivity (Wildman–Crippen MR) is 102 cm³/mol. The summed E-state index contributed by atoms with van der Waals surface area (Å²) in [5, 5.41) is 25.2. The molecule has 1 unspecified atom stereocenters. The number of nitrogens with zero attached hydrogens (tertiary/aromatic N) is 2. The Balaban J connectivity index is 1.80. The highest BCUT2D eigenvalue weighted by molar-refractivity contribution is 7.17. The van der Waals surface area contributed by atoms with E-state index in [1.54, 1.807) is 11.3 Å². The lowest BCUT2D eigenvalue weighted by molar-refractivity contribution is -0.155. The van der Waals surface area contributed by atoms with Crippen molar-refractivity contribution in [2.75, 3.05) is 11.9 Å². The second-order valence-electron chi connectivity index (χ2n) is 6.83. The van der Waals surface area contributed by atoms with Crippen molar-refractivity contribution in [3.63, 3.8) is 0 Å². The number of hydrogen-bond acceptors (Lipinski definition) is 6. The minimum Gasteiger partial charge on any atom is -0.479 e. The summed E-state index contributed by atoms with van der Waals surface area (Å²) in [4.78, 5) is 21.5. The fourth-order valence-corrected chi connectivity index (χ4v) is 3.73. The molecule has 7 heteroatoms. The zero-order valence-electron chi connectivity index (χ0n) is 14.3. The van der Waals surface area contributed by atoms with Gasteiger partial charge in [-0.1, -0.05) is 30.3 Å². The molecule has 134 valence electrons. The molecule has 0 amide bonds. The number of rotatable bonds is 6. The number of benzene rings is 1. The van der Waals surface area contributed by atoms with Gasteiger partial charge in [0.1, 0.15) is 16.5 Å². The summed E-state index contributed by atoms with van der Waals surface area (Å²) in [7, 11) is 0. The van der Waals surface area contributed by atoms with Crippen molar-refractivity contribution in [2.45, 2.75) is 31.3 Å². The number of hydrogen-bond donors (Lipinski definition) is 3. The molecule has 4 rings (SSSR count). The Kier molecular flexibility index (Phi) is 4.13. The Hall–Kier alpha value is -2.51. The van der Waals surface area contributed by atoms with E-state index in [2.05, 4.69) is 10.3 Å². The van der Waals surface area contributed by atoms with Crippen LogP contribution in [-0.2, 0) is 4.79 Å². The quantitative estimate of drug-likeness (QED) is 0.616. The second kappa shape index (κ2) is 6.34. The first-order valence-corrected chi connectivity index (χ1v) is 9.38. The molecular formula is C19H19N3O3S. The predicted octanol–water partition coefficient (Wildman–Crippen LogP) is 3.48. The Bertz CT molecular complexity index is 965. The normalized spacial score (nSPS) is 16.4. The Morgan fingerprint density at radius 1 is 1.31 bits per heavy atom. The lowest BCUT2D eigenvalue weighted by Crippen LogP contribution is -2.42. The number of aliphatic hydroxyl groups is 1. The monoisotopic (exact) mass is 369 g/mol. The van der Waals surface area contributed by atoms with Gasteiger partial charge in [-0.3, -0.25) is 0 Å². The van der Waals surface area contributed by atoms with Gasteiger partial charge in [-0.2, -0.15) is 0 Å². The first-order valence-electron chi connectivity index (χ1n) is 8.50. The number of aromatic nitrogens is 2. The highest BCUT2D eigenvalue weighted by Crippen LogP contribution is 2.42. The number of nitrogens with one attached hydrogen (secondary N) is 1. The molecule has 1 aromatic carbocycles. The summed E-state index contributed by atoms with van der Waals surface area (Å²) >= 11 is 1.55. The third-order valence-corrected chi connectivity index (χ3v) is 5.41. The fraction of sp³-hybridized carbons (Fsp3) is 0.316. The molecule has 0 bridgehead atoms. The summed E-state index contributed by atoms with van der Waals surface area (Å²) in [5.74, 6) is 0.475. The summed E-state index contributed by atoms with van der Waals surface area (Å²) in [5.41, 5.74) is 0.180. The molecule has 0 saturated heterocycles. The van der Waals surface area contributed by atoms with Gasteiger partial charge in [-0.25, -0.2) is 14.8 Å². The highest BCUT2D eigenvalue weighted by Gasteiger charge is 2.32. The molecule has 3 N–H and O–H groups in total. The van der Waals surface area contributed by atoms with Crippen LogP contribution in [0.15, 0.2) is 35.7 Å². The van der Waals surface area contributed by atoms with Gasteiger partial charge in [0.15, 0.2) is 5.60 Å². The smallest absolute Gasteiger partial charge is 0.337 e. The molecule has 1 atom stereocenters. The molecule has 1 aliphatic rings. The number of carboxylic acid groups (broad SMARTS) is 1. The van der Waals surface area contributed by atoms with Crippen molar-refractivity contribution < 1.29 is 15.0 Å². The fourth-order valence-electron chi connectivity index (χ4n) is 2.77. The number of carboxylic acids is 1. The van der Waals surface area contributed by atoms with E-state index in [4.69, 9.17) is 10.1 Å². The molecule has 3 aromatic rings. The van der Waals surface area contributed by atoms with Gasteiger partial charge in [0.2, 0.25) is 0 Å². The second-order valence-corrected chi connectivity index (χ2v) is 7.69. The minimum absolute atomic E-state index is 0.136. The molecule has 26 heavy (non-hydrogen) atoms. The van der Waals surface area contributed by atoms with E-state index in [0.29, 0.717) is 11.7 Å². The number of fused-ring (bicyclic) bond motifs is 1. The maximum Gasteiger partial charge on any atom is 0.337 e. The molecule has 2 aromatic heterocycles. The third kappa shape index (κ3) is 3.15. The van der Waals surface area contributed by atoms with Crippen molar-refractivity contribution in [3.05, 3.63) is 41.5 Å². The average Bonchev–Trinajstić information content (AvgIpc) is 3.39. The van der Waals surface area contributed by atoms with Crippen molar-refractivity contribution in [1.29, 1.82) is 0 Å². The van der Waals surface area contributed by atoms with Crippen LogP contribution in [0, 0.1) is 0 Å². The van der Waals surface area contributed by atoms with Crippen LogP contribution >= 0.6 is 11.3 Å². The average molecular weight is 369 g/mol. The lowest BCUT2D eigenvalue weighted by Gasteiger charge is -2.19. The van der Waals surface area contributed by atoms with Crippen molar-refractivity contribution in [1.82, 2.24) is 9.97 Å². The minimum atomic E-state index is -1.88. The molecule has 0 aliphatic heterocycles. The first kappa shape index (κ1) is 16.9. The van der Waals surface area contributed by atoms with Gasteiger partial charge in [0.05, 0.1) is 11.9 Å². The number of carbonyl (C=O) groups is 1. The zero-order valence-corrected chi connectivity index (χ0v) is 15.1. The van der Waals surface area contributed by atoms with E-state index >= 15 is 0 Å². The van der Waals surface area contributed by atoms with Crippen molar-refractivity contribution in [3.8, 4) is 11.1 Å². The van der Waals surface area contributed by atoms with Gasteiger partial charge in [0, 0.05) is 16.9 Å². The molecular weight excluding hydrogens is 350 g/mol. The van der Waals surface area contributed by atoms with E-state index in [9.17, 15) is 9.90 Å². The standard InChI is InChI=1S/C19H19N3O3S/c1-19(25,18(23)24)10-20-16-14-13(11-5-3-2-4-6-11)9-26-17(14)22-15(21-16)12-7-8-12/h2-6,9,12,25H,7-8,10H2,1H3,(H,23,24)(H,20,21,22). The van der Waals surface area contributed by atoms with Crippen LogP contribution in [0.4, 0.5) is 5.82 Å². The van der Waals surface area contributed by atoms with Crippen LogP contribution in [0.5, 0.6) is 0 Å². The SMILES string of the molecule is CC(O)(CNc1nc(C2CC2)nc2scc(-c3ccccc3)c12)C(=O)O. The van der Waals surface area contributed by atoms with Crippen molar-refractivity contribution >= 4 is 33.3 Å². The van der Waals surface area contributed by atoms with Gasteiger partial charge in [0.25, 0.3) is 0 Å². The first-order chi connectivity index (χ1) is 12.5. The van der Waals surface area contributed by atoms with E-state index in [1.807, 2.05) is 35.7 Å². The summed E-state index contributed by atoms with van der Waals surface area (Å²) < 4.78 is 0. The Morgan fingerprint density at radius 3 is 2.69 bits per heavy atom. The highest BCUT2D eigenvalue weighted by atomic mass is 32.1. The summed E-state index contributed by atoms with van der Waals surface area (Å²) in [6.07, 6.45) is 2.16. The maximum atomic E-state index is 11.2. The molecule has 1 fully saturated rings. The molecule has 6 nitrogen and oxygen atoms in total. The molecule has 0 spiro atoms. The topological polar surface area (TPSA) is 95.3 Å². The van der Waals surface area contributed by atoms with Crippen LogP contribution in [0.1, 0.15) is 31.5 Å². The molecule has 1 aliphatic carbocycles. The zero-order chi connectivity index (χ0) is 18.3. The lowest BCUT2D eigenvalue weighted by atomic mass is 10.1. The van der Waals surface area contributed by atoms with Crippen LogP contribution < -0.4 is 5.32 Å². The number of aliphatic carboxylic acids is 1. The largest absolute Gasteiger partial charge is 0.479 e. The van der Waals surface area contributed by atoms with Gasteiger partial charge in [-0.05, 0) is 25.3 Å². The van der Waals surface area contributed by atoms with Gasteiger partial charge >= 0.3 is 5.97 Å². The molecule has 0 radical (unpaired) electrons. The van der Waals surface area contributed by atoms with Crippen LogP contribution in [0.2, 0.25) is 0 Å². The summed E-state index contributed by atoms with van der Waals surface area (Å²) in [6, 6.07) is 9.95. The number of thiophene rings is 1. The van der Waals surface area contributed by atoms with Crippen LogP contribution in [0.3, 0.4) is 0 Å². The van der Waals surface area contributed by atoms with E-state index in [-0.39, 0.29) is 6.54 Å². The van der Waals surface area contributed by atoms with Crippen LogP contribution in [0.25, 0.3) is 21.3 Å². The van der Waals surface area contributed by atoms with E-state index in [1.165, 1.54) is 6.92 Å². The molecule has 2 heterocycles. The Morgan fingerprint density at radius 2 is 2.04 bits per heavy atom. The van der Waals surface area contributed by atoms with Gasteiger partial charge < -0.3 is 15.5 Å². The maximum absolute atomic E-state index is 11.2. The van der Waals surface area contributed by atoms with Gasteiger partial charge in [-0.15, -0.1) is 11.3 Å². The Labute approximate surface area is 154 Å². The van der Waals surface area contributed by atoms with Crippen molar-refractivity contribution in [2.24, 2.45) is 0 Å². The third-order valence-electron chi connectivity index (χ3n) is 4.54.